The monoisotopic (exact) mass is 348 g/mol. The van der Waals surface area contributed by atoms with Gasteiger partial charge in [-0.3, -0.25) is 4.79 Å². The minimum absolute atomic E-state index is 0.0784. The van der Waals surface area contributed by atoms with Crippen molar-refractivity contribution >= 4 is 22.9 Å². The fourth-order valence-corrected chi connectivity index (χ4v) is 4.21. The molecule has 25 heavy (non-hydrogen) atoms. The maximum absolute atomic E-state index is 13.2. The van der Waals surface area contributed by atoms with Crippen LogP contribution in [0.3, 0.4) is 0 Å². The van der Waals surface area contributed by atoms with Crippen molar-refractivity contribution in [2.45, 2.75) is 26.1 Å². The van der Waals surface area contributed by atoms with E-state index in [0.29, 0.717) is 6.54 Å². The first-order valence-electron chi connectivity index (χ1n) is 8.55. The van der Waals surface area contributed by atoms with E-state index in [1.807, 2.05) is 47.4 Å². The van der Waals surface area contributed by atoms with Crippen LogP contribution >= 0.6 is 11.3 Å². The number of hydrogen-bond acceptors (Lipinski definition) is 3. The first kappa shape index (κ1) is 15.9. The number of carbonyl (C=O) groups is 1. The van der Waals surface area contributed by atoms with Gasteiger partial charge in [0.05, 0.1) is 5.56 Å². The van der Waals surface area contributed by atoms with Crippen LogP contribution in [-0.2, 0) is 13.0 Å². The van der Waals surface area contributed by atoms with E-state index >= 15 is 0 Å². The Morgan fingerprint density at radius 3 is 2.52 bits per heavy atom. The highest BCUT2D eigenvalue weighted by Gasteiger charge is 2.33. The minimum Gasteiger partial charge on any atom is -0.360 e. The van der Waals surface area contributed by atoms with E-state index in [1.165, 1.54) is 9.75 Å². The van der Waals surface area contributed by atoms with E-state index in [9.17, 15) is 4.79 Å². The van der Waals surface area contributed by atoms with Gasteiger partial charge in [0.25, 0.3) is 5.91 Å². The van der Waals surface area contributed by atoms with E-state index in [0.717, 1.165) is 23.2 Å². The Kier molecular flexibility index (Phi) is 4.28. The second-order valence-corrected chi connectivity index (χ2v) is 7.37. The molecule has 0 spiro atoms. The highest BCUT2D eigenvalue weighted by atomic mass is 32.1. The normalized spacial score (nSPS) is 16.4. The van der Waals surface area contributed by atoms with Gasteiger partial charge in [0.2, 0.25) is 0 Å². The Hall–Kier alpha value is -2.59. The Morgan fingerprint density at radius 1 is 1.00 bits per heavy atom. The summed E-state index contributed by atoms with van der Waals surface area (Å²) in [6, 6.07) is 22.2. The number of amides is 1. The zero-order chi connectivity index (χ0) is 17.2. The third-order valence-electron chi connectivity index (χ3n) is 4.52. The number of nitrogens with zero attached hydrogens (tertiary/aromatic N) is 1. The van der Waals surface area contributed by atoms with Crippen molar-refractivity contribution in [1.82, 2.24) is 4.90 Å². The van der Waals surface area contributed by atoms with Gasteiger partial charge in [-0.25, -0.2) is 0 Å². The third-order valence-corrected chi connectivity index (χ3v) is 5.80. The van der Waals surface area contributed by atoms with E-state index < -0.39 is 0 Å². The number of aryl methyl sites for hydroxylation is 1. The number of rotatable bonds is 4. The summed E-state index contributed by atoms with van der Waals surface area (Å²) in [5, 5.41) is 3.57. The van der Waals surface area contributed by atoms with Crippen molar-refractivity contribution in [3.05, 3.63) is 87.6 Å². The highest BCUT2D eigenvalue weighted by Crippen LogP contribution is 2.36. The quantitative estimate of drug-likeness (QED) is 0.713. The molecule has 1 unspecified atom stereocenters. The molecule has 0 aliphatic carbocycles. The van der Waals surface area contributed by atoms with Crippen LogP contribution < -0.4 is 5.32 Å². The van der Waals surface area contributed by atoms with Crippen LogP contribution in [0.2, 0.25) is 0 Å². The molecule has 4 heteroatoms. The molecular formula is C21H20N2OS. The molecular weight excluding hydrogens is 328 g/mol. The van der Waals surface area contributed by atoms with Crippen LogP contribution in [0.4, 0.5) is 5.69 Å². The van der Waals surface area contributed by atoms with Crippen molar-refractivity contribution in [2.24, 2.45) is 0 Å². The summed E-state index contributed by atoms with van der Waals surface area (Å²) in [6.45, 7) is 2.75. The number of benzene rings is 2. The lowest BCUT2D eigenvalue weighted by atomic mass is 10.1. The molecule has 3 nitrogen and oxygen atoms in total. The Morgan fingerprint density at radius 2 is 1.76 bits per heavy atom. The molecule has 2 aromatic carbocycles. The van der Waals surface area contributed by atoms with E-state index in [1.54, 1.807) is 11.3 Å². The number of para-hydroxylation sites is 1. The Bertz CT molecular complexity index is 888. The lowest BCUT2D eigenvalue weighted by Gasteiger charge is -2.37. The van der Waals surface area contributed by atoms with Crippen molar-refractivity contribution in [2.75, 3.05) is 5.32 Å². The van der Waals surface area contributed by atoms with E-state index in [4.69, 9.17) is 0 Å². The molecule has 3 aromatic rings. The number of anilines is 1. The van der Waals surface area contributed by atoms with Crippen LogP contribution in [-0.4, -0.2) is 10.8 Å². The minimum atomic E-state index is -0.132. The van der Waals surface area contributed by atoms with Gasteiger partial charge in [0.1, 0.15) is 6.17 Å². The van der Waals surface area contributed by atoms with Crippen LogP contribution in [0.5, 0.6) is 0 Å². The number of nitrogens with one attached hydrogen (secondary N) is 1. The van der Waals surface area contributed by atoms with Gasteiger partial charge in [-0.05, 0) is 36.2 Å². The number of thiophene rings is 1. The zero-order valence-corrected chi connectivity index (χ0v) is 14.9. The van der Waals surface area contributed by atoms with Crippen LogP contribution in [0.15, 0.2) is 66.7 Å². The lowest BCUT2D eigenvalue weighted by Crippen LogP contribution is -2.42. The van der Waals surface area contributed by atoms with Gasteiger partial charge in [0.15, 0.2) is 0 Å². The van der Waals surface area contributed by atoms with E-state index in [-0.39, 0.29) is 12.1 Å². The first-order chi connectivity index (χ1) is 12.3. The van der Waals surface area contributed by atoms with Crippen molar-refractivity contribution in [3.63, 3.8) is 0 Å². The molecule has 1 aromatic heterocycles. The molecule has 4 rings (SSSR count). The lowest BCUT2D eigenvalue weighted by molar-refractivity contribution is 0.0669. The predicted octanol–water partition coefficient (Wildman–Crippen LogP) is 5.08. The molecule has 0 saturated carbocycles. The summed E-state index contributed by atoms with van der Waals surface area (Å²) in [4.78, 5) is 17.6. The van der Waals surface area contributed by atoms with Gasteiger partial charge >= 0.3 is 0 Å². The molecule has 1 aliphatic heterocycles. The second-order valence-electron chi connectivity index (χ2n) is 6.17. The summed E-state index contributed by atoms with van der Waals surface area (Å²) < 4.78 is 0. The van der Waals surface area contributed by atoms with Crippen LogP contribution in [0, 0.1) is 0 Å². The first-order valence-corrected chi connectivity index (χ1v) is 9.37. The standard InChI is InChI=1S/C21H20N2OS/c1-2-16-12-13-19(25-16)20-22-18-11-7-6-10-17(18)21(24)23(20)14-15-8-4-3-5-9-15/h3-13,20,22H,2,14H2,1H3. The maximum atomic E-state index is 13.2. The molecule has 1 N–H and O–H groups in total. The molecule has 0 fully saturated rings. The van der Waals surface area contributed by atoms with Gasteiger partial charge in [-0.15, -0.1) is 11.3 Å². The van der Waals surface area contributed by atoms with Crippen molar-refractivity contribution < 1.29 is 4.79 Å². The number of fused-ring (bicyclic) bond motifs is 1. The molecule has 1 aliphatic rings. The Labute approximate surface area is 151 Å². The van der Waals surface area contributed by atoms with Crippen molar-refractivity contribution in [3.8, 4) is 0 Å². The predicted molar refractivity (Wildman–Crippen MR) is 103 cm³/mol. The molecule has 0 saturated heterocycles. The van der Waals surface area contributed by atoms with Gasteiger partial charge in [0, 0.05) is 22.0 Å². The van der Waals surface area contributed by atoms with Gasteiger partial charge in [-0.1, -0.05) is 49.4 Å². The molecule has 126 valence electrons. The van der Waals surface area contributed by atoms with Crippen molar-refractivity contribution in [1.29, 1.82) is 0 Å². The Balaban J connectivity index is 1.74. The molecule has 0 bridgehead atoms. The largest absolute Gasteiger partial charge is 0.360 e. The number of carbonyl (C=O) groups excluding carboxylic acids is 1. The summed E-state index contributed by atoms with van der Waals surface area (Å²) >= 11 is 1.77. The summed E-state index contributed by atoms with van der Waals surface area (Å²) in [5.41, 5.74) is 2.78. The average Bonchev–Trinajstić information content (AvgIpc) is 3.14. The van der Waals surface area contributed by atoms with Crippen LogP contribution in [0.1, 0.15) is 38.8 Å². The fourth-order valence-electron chi connectivity index (χ4n) is 3.19. The maximum Gasteiger partial charge on any atom is 0.258 e. The summed E-state index contributed by atoms with van der Waals surface area (Å²) in [6.07, 6.45) is 0.883. The topological polar surface area (TPSA) is 32.3 Å². The fraction of sp³-hybridized carbons (Fsp3) is 0.190. The third kappa shape index (κ3) is 3.05. The summed E-state index contributed by atoms with van der Waals surface area (Å²) in [5.74, 6) is 0.0784. The molecule has 0 radical (unpaired) electrons. The molecule has 1 atom stereocenters. The highest BCUT2D eigenvalue weighted by molar-refractivity contribution is 7.12. The summed E-state index contributed by atoms with van der Waals surface area (Å²) in [7, 11) is 0. The zero-order valence-electron chi connectivity index (χ0n) is 14.1. The van der Waals surface area contributed by atoms with Crippen LogP contribution in [0.25, 0.3) is 0 Å². The molecule has 1 amide bonds. The smallest absolute Gasteiger partial charge is 0.258 e. The number of hydrogen-bond donors (Lipinski definition) is 1. The molecule has 2 heterocycles. The SMILES string of the molecule is CCc1ccc(C2Nc3ccccc3C(=O)N2Cc2ccccc2)s1. The average molecular weight is 348 g/mol. The van der Waals surface area contributed by atoms with Gasteiger partial charge < -0.3 is 10.2 Å². The van der Waals surface area contributed by atoms with Gasteiger partial charge in [-0.2, -0.15) is 0 Å². The van der Waals surface area contributed by atoms with E-state index in [2.05, 4.69) is 36.5 Å². The second kappa shape index (κ2) is 6.73.